The number of amides is 1. The van der Waals surface area contributed by atoms with Crippen LogP contribution >= 0.6 is 0 Å². The highest BCUT2D eigenvalue weighted by Gasteiger charge is 2.20. The summed E-state index contributed by atoms with van der Waals surface area (Å²) < 4.78 is 0. The zero-order valence-electron chi connectivity index (χ0n) is 9.82. The fraction of sp³-hybridized carbons (Fsp3) is 0.818. The summed E-state index contributed by atoms with van der Waals surface area (Å²) in [5.41, 5.74) is 0. The van der Waals surface area contributed by atoms with Crippen LogP contribution in [0.2, 0.25) is 0 Å². The third kappa shape index (κ3) is 5.14. The lowest BCUT2D eigenvalue weighted by atomic mass is 10.2. The Hall–Kier alpha value is -1.14. The van der Waals surface area contributed by atoms with E-state index in [4.69, 9.17) is 10.2 Å². The Morgan fingerprint density at radius 1 is 1.29 bits per heavy atom. The predicted molar refractivity (Wildman–Crippen MR) is 61.5 cm³/mol. The molecule has 0 radical (unpaired) electrons. The molecule has 0 heterocycles. The van der Waals surface area contributed by atoms with Crippen molar-refractivity contribution in [3.05, 3.63) is 0 Å². The smallest absolute Gasteiger partial charge is 0.326 e. The molecule has 1 unspecified atom stereocenters. The molecule has 0 aromatic heterocycles. The Morgan fingerprint density at radius 3 is 2.47 bits per heavy atom. The van der Waals surface area contributed by atoms with Gasteiger partial charge >= 0.3 is 5.97 Å². The molecule has 1 aliphatic rings. The topological polar surface area (TPSA) is 98.7 Å². The van der Waals surface area contributed by atoms with Crippen molar-refractivity contribution in [3.63, 3.8) is 0 Å². The van der Waals surface area contributed by atoms with E-state index in [0.717, 1.165) is 12.8 Å². The average molecular weight is 244 g/mol. The molecule has 1 aliphatic carbocycles. The average Bonchev–Trinajstić information content (AvgIpc) is 2.78. The Labute approximate surface area is 100 Å². The van der Waals surface area contributed by atoms with Gasteiger partial charge in [0.25, 0.3) is 0 Å². The van der Waals surface area contributed by atoms with Gasteiger partial charge in [0.1, 0.15) is 6.04 Å². The minimum absolute atomic E-state index is 0.0322. The number of aliphatic carboxylic acids is 1. The van der Waals surface area contributed by atoms with E-state index in [1.807, 2.05) is 0 Å². The van der Waals surface area contributed by atoms with Crippen LogP contribution in [-0.4, -0.2) is 47.3 Å². The van der Waals surface area contributed by atoms with Crippen molar-refractivity contribution in [2.45, 2.75) is 44.2 Å². The van der Waals surface area contributed by atoms with Gasteiger partial charge in [-0.15, -0.1) is 0 Å². The third-order valence-corrected chi connectivity index (χ3v) is 2.96. The van der Waals surface area contributed by atoms with Gasteiger partial charge in [0, 0.05) is 19.1 Å². The maximum Gasteiger partial charge on any atom is 0.326 e. The molecule has 0 aromatic carbocycles. The molecular weight excluding hydrogens is 224 g/mol. The van der Waals surface area contributed by atoms with Crippen molar-refractivity contribution >= 4 is 11.9 Å². The standard InChI is InChI=1S/C11H20N2O4/c14-6-5-9(11(16)17)13-10(15)7-12-8-3-1-2-4-8/h8-9,12,14H,1-7H2,(H,13,15)(H,16,17). The van der Waals surface area contributed by atoms with Gasteiger partial charge < -0.3 is 20.8 Å². The first-order valence-electron chi connectivity index (χ1n) is 6.00. The predicted octanol–water partition coefficient (Wildman–Crippen LogP) is -0.530. The highest BCUT2D eigenvalue weighted by Crippen LogP contribution is 2.17. The number of aliphatic hydroxyl groups excluding tert-OH is 1. The van der Waals surface area contributed by atoms with Gasteiger partial charge in [-0.05, 0) is 12.8 Å². The van der Waals surface area contributed by atoms with Crippen LogP contribution in [0.1, 0.15) is 32.1 Å². The van der Waals surface area contributed by atoms with Crippen molar-refractivity contribution < 1.29 is 19.8 Å². The second-order valence-electron chi connectivity index (χ2n) is 4.33. The zero-order chi connectivity index (χ0) is 12.7. The number of aliphatic hydroxyl groups is 1. The van der Waals surface area contributed by atoms with E-state index in [2.05, 4.69) is 10.6 Å². The van der Waals surface area contributed by atoms with Crippen LogP contribution in [0.4, 0.5) is 0 Å². The second kappa shape index (κ2) is 7.24. The van der Waals surface area contributed by atoms with Gasteiger partial charge in [0.05, 0.1) is 6.54 Å². The van der Waals surface area contributed by atoms with Crippen molar-refractivity contribution in [2.75, 3.05) is 13.2 Å². The number of rotatable bonds is 7. The summed E-state index contributed by atoms with van der Waals surface area (Å²) in [4.78, 5) is 22.2. The molecule has 0 saturated heterocycles. The molecule has 4 N–H and O–H groups in total. The number of nitrogens with one attached hydrogen (secondary N) is 2. The molecule has 0 spiro atoms. The SMILES string of the molecule is O=C(CNC1CCCC1)NC(CCO)C(=O)O. The molecule has 0 bridgehead atoms. The van der Waals surface area contributed by atoms with E-state index < -0.39 is 12.0 Å². The molecule has 1 amide bonds. The maximum atomic E-state index is 11.5. The first kappa shape index (κ1) is 13.9. The number of carboxylic acid groups (broad SMARTS) is 1. The van der Waals surface area contributed by atoms with E-state index in [1.54, 1.807) is 0 Å². The van der Waals surface area contributed by atoms with Crippen molar-refractivity contribution in [1.82, 2.24) is 10.6 Å². The van der Waals surface area contributed by atoms with Crippen molar-refractivity contribution in [2.24, 2.45) is 0 Å². The number of hydrogen-bond acceptors (Lipinski definition) is 4. The summed E-state index contributed by atoms with van der Waals surface area (Å²) >= 11 is 0. The molecule has 98 valence electrons. The molecule has 0 aliphatic heterocycles. The number of carbonyl (C=O) groups is 2. The summed E-state index contributed by atoms with van der Waals surface area (Å²) in [6.45, 7) is -0.118. The van der Waals surface area contributed by atoms with Gasteiger partial charge in [-0.25, -0.2) is 4.79 Å². The van der Waals surface area contributed by atoms with Crippen LogP contribution in [0.25, 0.3) is 0 Å². The fourth-order valence-electron chi connectivity index (χ4n) is 2.00. The summed E-state index contributed by atoms with van der Waals surface area (Å²) in [6, 6.07) is -0.625. The zero-order valence-corrected chi connectivity index (χ0v) is 9.82. The Kier molecular flexibility index (Phi) is 5.93. The van der Waals surface area contributed by atoms with Crippen LogP contribution in [-0.2, 0) is 9.59 Å². The lowest BCUT2D eigenvalue weighted by molar-refractivity contribution is -0.142. The van der Waals surface area contributed by atoms with Gasteiger partial charge in [-0.1, -0.05) is 12.8 Å². The molecule has 1 fully saturated rings. The summed E-state index contributed by atoms with van der Waals surface area (Å²) in [5, 5.41) is 22.9. The van der Waals surface area contributed by atoms with E-state index in [1.165, 1.54) is 12.8 Å². The summed E-state index contributed by atoms with van der Waals surface area (Å²) in [6.07, 6.45) is 4.55. The fourth-order valence-corrected chi connectivity index (χ4v) is 2.00. The van der Waals surface area contributed by atoms with Crippen LogP contribution in [0.3, 0.4) is 0 Å². The van der Waals surface area contributed by atoms with E-state index >= 15 is 0 Å². The minimum atomic E-state index is -1.12. The summed E-state index contributed by atoms with van der Waals surface area (Å²) in [5.74, 6) is -1.45. The quantitative estimate of drug-likeness (QED) is 0.482. The van der Waals surface area contributed by atoms with Crippen LogP contribution in [0, 0.1) is 0 Å². The molecular formula is C11H20N2O4. The number of carboxylic acids is 1. The largest absolute Gasteiger partial charge is 0.480 e. The van der Waals surface area contributed by atoms with Gasteiger partial charge in [0.2, 0.25) is 5.91 Å². The number of hydrogen-bond donors (Lipinski definition) is 4. The summed E-state index contributed by atoms with van der Waals surface area (Å²) in [7, 11) is 0. The van der Waals surface area contributed by atoms with Crippen LogP contribution < -0.4 is 10.6 Å². The lowest BCUT2D eigenvalue weighted by Gasteiger charge is -2.15. The van der Waals surface area contributed by atoms with Crippen molar-refractivity contribution in [1.29, 1.82) is 0 Å². The Bertz CT molecular complexity index is 264. The van der Waals surface area contributed by atoms with E-state index in [0.29, 0.717) is 6.04 Å². The van der Waals surface area contributed by atoms with Crippen LogP contribution in [0.5, 0.6) is 0 Å². The van der Waals surface area contributed by atoms with Crippen molar-refractivity contribution in [3.8, 4) is 0 Å². The Morgan fingerprint density at radius 2 is 1.94 bits per heavy atom. The highest BCUT2D eigenvalue weighted by atomic mass is 16.4. The monoisotopic (exact) mass is 244 g/mol. The Balaban J connectivity index is 2.23. The normalized spacial score (nSPS) is 17.9. The highest BCUT2D eigenvalue weighted by molar-refractivity contribution is 5.84. The molecule has 6 nitrogen and oxygen atoms in total. The van der Waals surface area contributed by atoms with E-state index in [-0.39, 0.29) is 25.5 Å². The number of carbonyl (C=O) groups excluding carboxylic acids is 1. The molecule has 0 aromatic rings. The van der Waals surface area contributed by atoms with Crippen LogP contribution in [0.15, 0.2) is 0 Å². The second-order valence-corrected chi connectivity index (χ2v) is 4.33. The first-order valence-corrected chi connectivity index (χ1v) is 6.00. The van der Waals surface area contributed by atoms with Gasteiger partial charge in [-0.3, -0.25) is 4.79 Å². The van der Waals surface area contributed by atoms with Gasteiger partial charge in [0.15, 0.2) is 0 Å². The third-order valence-electron chi connectivity index (χ3n) is 2.96. The van der Waals surface area contributed by atoms with E-state index in [9.17, 15) is 9.59 Å². The molecule has 1 saturated carbocycles. The molecule has 1 rings (SSSR count). The molecule has 6 heteroatoms. The first-order chi connectivity index (χ1) is 8.13. The van der Waals surface area contributed by atoms with Gasteiger partial charge in [-0.2, -0.15) is 0 Å². The molecule has 1 atom stereocenters. The minimum Gasteiger partial charge on any atom is -0.480 e. The lowest BCUT2D eigenvalue weighted by Crippen LogP contribution is -2.46. The molecule has 17 heavy (non-hydrogen) atoms. The maximum absolute atomic E-state index is 11.5.